The first-order valence-corrected chi connectivity index (χ1v) is 7.47. The Morgan fingerprint density at radius 3 is 2.62 bits per heavy atom. The van der Waals surface area contributed by atoms with Gasteiger partial charge >= 0.3 is 0 Å². The Hall–Kier alpha value is -1.68. The van der Waals surface area contributed by atoms with E-state index in [1.807, 2.05) is 13.8 Å². The zero-order valence-corrected chi connectivity index (χ0v) is 13.3. The van der Waals surface area contributed by atoms with Gasteiger partial charge in [-0.1, -0.05) is 24.6 Å². The summed E-state index contributed by atoms with van der Waals surface area (Å²) < 4.78 is 13.1. The van der Waals surface area contributed by atoms with Crippen LogP contribution >= 0.6 is 11.6 Å². The van der Waals surface area contributed by atoms with Crippen LogP contribution in [0, 0.1) is 12.7 Å². The Balaban J connectivity index is 2.35. The zero-order valence-electron chi connectivity index (χ0n) is 12.5. The summed E-state index contributed by atoms with van der Waals surface area (Å²) in [4.78, 5) is 9.12. The molecule has 112 valence electrons. The Labute approximate surface area is 129 Å². The van der Waals surface area contributed by atoms with Crippen molar-refractivity contribution in [2.45, 2.75) is 33.6 Å². The molecule has 1 aromatic carbocycles. The number of anilines is 1. The summed E-state index contributed by atoms with van der Waals surface area (Å²) in [7, 11) is 0. The van der Waals surface area contributed by atoms with E-state index < -0.39 is 0 Å². The Bertz CT molecular complexity index is 644. The second-order valence-corrected chi connectivity index (χ2v) is 5.26. The second-order valence-electron chi connectivity index (χ2n) is 4.85. The third-order valence-corrected chi connectivity index (χ3v) is 3.67. The standard InChI is InChI=1S/C16H19ClFN3/c1-4-13-10(3)20-15(21-16(13)19-5-2)8-11-6-7-12(18)9-14(11)17/h6-7,9H,4-5,8H2,1-3H3,(H,19,20,21). The van der Waals surface area contributed by atoms with Crippen LogP contribution in [0.5, 0.6) is 0 Å². The number of nitrogens with one attached hydrogen (secondary N) is 1. The SMILES string of the molecule is CCNc1nc(Cc2ccc(F)cc2Cl)nc(C)c1CC. The number of hydrogen-bond donors (Lipinski definition) is 1. The van der Waals surface area contributed by atoms with Gasteiger partial charge in [0.15, 0.2) is 0 Å². The molecule has 0 aliphatic carbocycles. The number of aryl methyl sites for hydroxylation is 1. The van der Waals surface area contributed by atoms with Crippen molar-refractivity contribution >= 4 is 17.4 Å². The van der Waals surface area contributed by atoms with Crippen molar-refractivity contribution in [1.82, 2.24) is 9.97 Å². The molecular formula is C16H19ClFN3. The topological polar surface area (TPSA) is 37.8 Å². The Morgan fingerprint density at radius 2 is 2.00 bits per heavy atom. The van der Waals surface area contributed by atoms with E-state index in [2.05, 4.69) is 22.2 Å². The smallest absolute Gasteiger partial charge is 0.135 e. The average molecular weight is 308 g/mol. The molecule has 1 N–H and O–H groups in total. The molecule has 2 rings (SSSR count). The van der Waals surface area contributed by atoms with Crippen LogP contribution in [0.4, 0.5) is 10.2 Å². The van der Waals surface area contributed by atoms with Crippen LogP contribution in [0.1, 0.15) is 36.5 Å². The van der Waals surface area contributed by atoms with Crippen LogP contribution in [-0.2, 0) is 12.8 Å². The maximum absolute atomic E-state index is 13.1. The second kappa shape index (κ2) is 6.85. The van der Waals surface area contributed by atoms with Gasteiger partial charge in [0.2, 0.25) is 0 Å². The average Bonchev–Trinajstić information content (AvgIpc) is 2.42. The van der Waals surface area contributed by atoms with E-state index in [1.165, 1.54) is 12.1 Å². The van der Waals surface area contributed by atoms with Crippen LogP contribution in [0.25, 0.3) is 0 Å². The van der Waals surface area contributed by atoms with Crippen molar-refractivity contribution in [3.05, 3.63) is 51.7 Å². The fourth-order valence-corrected chi connectivity index (χ4v) is 2.54. The minimum absolute atomic E-state index is 0.337. The molecule has 1 heterocycles. The van der Waals surface area contributed by atoms with Crippen molar-refractivity contribution in [1.29, 1.82) is 0 Å². The van der Waals surface area contributed by atoms with Gasteiger partial charge in [0.25, 0.3) is 0 Å². The highest BCUT2D eigenvalue weighted by Crippen LogP contribution is 2.22. The molecule has 0 fully saturated rings. The lowest BCUT2D eigenvalue weighted by molar-refractivity contribution is 0.627. The number of hydrogen-bond acceptors (Lipinski definition) is 3. The maximum atomic E-state index is 13.1. The largest absolute Gasteiger partial charge is 0.370 e. The van der Waals surface area contributed by atoms with Crippen LogP contribution < -0.4 is 5.32 Å². The lowest BCUT2D eigenvalue weighted by atomic mass is 10.1. The molecule has 5 heteroatoms. The van der Waals surface area contributed by atoms with Crippen molar-refractivity contribution in [2.75, 3.05) is 11.9 Å². The quantitative estimate of drug-likeness (QED) is 0.901. The molecule has 3 nitrogen and oxygen atoms in total. The van der Waals surface area contributed by atoms with E-state index in [9.17, 15) is 4.39 Å². The summed E-state index contributed by atoms with van der Waals surface area (Å²) in [5.74, 6) is 1.23. The van der Waals surface area contributed by atoms with Crippen LogP contribution in [-0.4, -0.2) is 16.5 Å². The summed E-state index contributed by atoms with van der Waals surface area (Å²) in [6.45, 7) is 6.91. The van der Waals surface area contributed by atoms with Crippen LogP contribution in [0.2, 0.25) is 5.02 Å². The van der Waals surface area contributed by atoms with Gasteiger partial charge in [0.1, 0.15) is 17.5 Å². The van der Waals surface area contributed by atoms with Crippen molar-refractivity contribution in [3.63, 3.8) is 0 Å². The molecule has 21 heavy (non-hydrogen) atoms. The van der Waals surface area contributed by atoms with Crippen LogP contribution in [0.3, 0.4) is 0 Å². The molecule has 2 aromatic rings. The molecular weight excluding hydrogens is 289 g/mol. The van der Waals surface area contributed by atoms with Gasteiger partial charge < -0.3 is 5.32 Å². The Kier molecular flexibility index (Phi) is 5.12. The molecule has 0 aliphatic heterocycles. The number of aromatic nitrogens is 2. The van der Waals surface area contributed by atoms with E-state index in [0.717, 1.165) is 35.6 Å². The van der Waals surface area contributed by atoms with Gasteiger partial charge in [0, 0.05) is 29.2 Å². The van der Waals surface area contributed by atoms with Gasteiger partial charge in [-0.3, -0.25) is 0 Å². The molecule has 0 unspecified atom stereocenters. The minimum Gasteiger partial charge on any atom is -0.370 e. The fourth-order valence-electron chi connectivity index (χ4n) is 2.31. The highest BCUT2D eigenvalue weighted by molar-refractivity contribution is 6.31. The van der Waals surface area contributed by atoms with Crippen molar-refractivity contribution in [2.24, 2.45) is 0 Å². The molecule has 0 atom stereocenters. The van der Waals surface area contributed by atoms with E-state index in [0.29, 0.717) is 17.3 Å². The van der Waals surface area contributed by atoms with E-state index in [1.54, 1.807) is 6.07 Å². The first-order valence-electron chi connectivity index (χ1n) is 7.09. The summed E-state index contributed by atoms with van der Waals surface area (Å²) in [6, 6.07) is 4.39. The van der Waals surface area contributed by atoms with Gasteiger partial charge in [0.05, 0.1) is 0 Å². The van der Waals surface area contributed by atoms with Crippen molar-refractivity contribution in [3.8, 4) is 0 Å². The minimum atomic E-state index is -0.337. The molecule has 0 saturated carbocycles. The molecule has 0 saturated heterocycles. The maximum Gasteiger partial charge on any atom is 0.135 e. The molecule has 0 spiro atoms. The summed E-state index contributed by atoms with van der Waals surface area (Å²) in [5, 5.41) is 3.68. The predicted molar refractivity (Wildman–Crippen MR) is 84.5 cm³/mol. The first kappa shape index (κ1) is 15.7. The van der Waals surface area contributed by atoms with Gasteiger partial charge in [-0.05, 0) is 38.0 Å². The van der Waals surface area contributed by atoms with E-state index in [-0.39, 0.29) is 5.82 Å². The van der Waals surface area contributed by atoms with E-state index in [4.69, 9.17) is 11.6 Å². The lowest BCUT2D eigenvalue weighted by Crippen LogP contribution is -2.10. The molecule has 0 amide bonds. The number of benzene rings is 1. The molecule has 0 bridgehead atoms. The monoisotopic (exact) mass is 307 g/mol. The van der Waals surface area contributed by atoms with Gasteiger partial charge in [-0.25, -0.2) is 14.4 Å². The highest BCUT2D eigenvalue weighted by Gasteiger charge is 2.11. The van der Waals surface area contributed by atoms with Crippen LogP contribution in [0.15, 0.2) is 18.2 Å². The molecule has 0 aliphatic rings. The fraction of sp³-hybridized carbons (Fsp3) is 0.375. The highest BCUT2D eigenvalue weighted by atomic mass is 35.5. The van der Waals surface area contributed by atoms with Gasteiger partial charge in [-0.2, -0.15) is 0 Å². The molecule has 0 radical (unpaired) electrons. The third-order valence-electron chi connectivity index (χ3n) is 3.32. The zero-order chi connectivity index (χ0) is 15.4. The summed E-state index contributed by atoms with van der Waals surface area (Å²) in [6.07, 6.45) is 1.37. The number of halogens is 2. The normalized spacial score (nSPS) is 10.7. The first-order chi connectivity index (χ1) is 10.0. The molecule has 1 aromatic heterocycles. The van der Waals surface area contributed by atoms with E-state index >= 15 is 0 Å². The lowest BCUT2D eigenvalue weighted by Gasteiger charge is -2.13. The van der Waals surface area contributed by atoms with Gasteiger partial charge in [-0.15, -0.1) is 0 Å². The Morgan fingerprint density at radius 1 is 1.24 bits per heavy atom. The number of rotatable bonds is 5. The number of nitrogens with zero attached hydrogens (tertiary/aromatic N) is 2. The summed E-state index contributed by atoms with van der Waals surface area (Å²) in [5.41, 5.74) is 2.92. The summed E-state index contributed by atoms with van der Waals surface area (Å²) >= 11 is 6.07. The third kappa shape index (κ3) is 3.70. The predicted octanol–water partition coefficient (Wildman–Crippen LogP) is 4.16. The van der Waals surface area contributed by atoms with Crippen molar-refractivity contribution < 1.29 is 4.39 Å².